The number of hydrogen-bond acceptors (Lipinski definition) is 0. The largest absolute Gasteiger partial charge is 0.106 e. The summed E-state index contributed by atoms with van der Waals surface area (Å²) in [7, 11) is 0. The molecule has 1 atom stereocenters. The van der Waals surface area contributed by atoms with Crippen molar-refractivity contribution in [3.8, 4) is 0 Å². The van der Waals surface area contributed by atoms with Crippen LogP contribution in [0.5, 0.6) is 0 Å². The van der Waals surface area contributed by atoms with Gasteiger partial charge in [-0.25, -0.2) is 0 Å². The zero-order valence-corrected chi connectivity index (χ0v) is 11.5. The lowest BCUT2D eigenvalue weighted by Crippen LogP contribution is -2.22. The summed E-state index contributed by atoms with van der Waals surface area (Å²) in [5, 5.41) is 0. The van der Waals surface area contributed by atoms with E-state index in [1.54, 1.807) is 5.57 Å². The lowest BCUT2D eigenvalue weighted by molar-refractivity contribution is 0.483. The Morgan fingerprint density at radius 1 is 1.24 bits per heavy atom. The molecule has 17 heavy (non-hydrogen) atoms. The van der Waals surface area contributed by atoms with E-state index in [1.165, 1.54) is 17.6 Å². The quantitative estimate of drug-likeness (QED) is 0.592. The summed E-state index contributed by atoms with van der Waals surface area (Å²) in [6.45, 7) is 9.25. The average molecular weight is 227 g/mol. The Morgan fingerprint density at radius 3 is 2.65 bits per heavy atom. The average Bonchev–Trinajstić information content (AvgIpc) is 2.97. The minimum absolute atomic E-state index is 0.166. The van der Waals surface area contributed by atoms with Gasteiger partial charge in [-0.1, -0.05) is 25.2 Å². The standard InChI is InChI=1S/C17H23/c1-5-13-9-7-11-15(13)17(3,4)16-12-8-10-14(16)6-2/h7-13H,5-6H2,1-4H3/q+1. The van der Waals surface area contributed by atoms with Gasteiger partial charge in [-0.3, -0.25) is 0 Å². The van der Waals surface area contributed by atoms with Crippen LogP contribution < -0.4 is 0 Å². The van der Waals surface area contributed by atoms with E-state index in [2.05, 4.69) is 64.5 Å². The van der Waals surface area contributed by atoms with Crippen LogP contribution >= 0.6 is 0 Å². The van der Waals surface area contributed by atoms with Crippen molar-refractivity contribution in [2.75, 3.05) is 0 Å². The summed E-state index contributed by atoms with van der Waals surface area (Å²) >= 11 is 0. The van der Waals surface area contributed by atoms with Crippen LogP contribution in [0.1, 0.15) is 40.5 Å². The second kappa shape index (κ2) is 4.60. The Morgan fingerprint density at radius 2 is 2.00 bits per heavy atom. The van der Waals surface area contributed by atoms with Crippen molar-refractivity contribution in [3.63, 3.8) is 0 Å². The molecule has 0 aromatic carbocycles. The zero-order valence-electron chi connectivity index (χ0n) is 11.5. The third kappa shape index (κ3) is 2.01. The van der Waals surface area contributed by atoms with E-state index in [1.807, 2.05) is 0 Å². The molecule has 0 aliphatic heterocycles. The SMILES string of the molecule is CCC1=C[CH+]C=C1C(C)(C)C1=CC=CC1CC. The maximum atomic E-state index is 2.36. The second-order valence-electron chi connectivity index (χ2n) is 5.46. The Balaban J connectivity index is 2.29. The predicted octanol–water partition coefficient (Wildman–Crippen LogP) is 5.02. The Kier molecular flexibility index (Phi) is 3.33. The minimum atomic E-state index is 0.166. The van der Waals surface area contributed by atoms with E-state index in [0.29, 0.717) is 5.92 Å². The first-order valence-corrected chi connectivity index (χ1v) is 6.75. The summed E-state index contributed by atoms with van der Waals surface area (Å²) in [6, 6.07) is 0. The first-order chi connectivity index (χ1) is 8.11. The minimum Gasteiger partial charge on any atom is -0.0773 e. The molecule has 2 aliphatic carbocycles. The van der Waals surface area contributed by atoms with Crippen molar-refractivity contribution in [1.82, 2.24) is 0 Å². The molecular weight excluding hydrogens is 204 g/mol. The van der Waals surface area contributed by atoms with Gasteiger partial charge in [0, 0.05) is 18.8 Å². The van der Waals surface area contributed by atoms with Crippen molar-refractivity contribution in [2.45, 2.75) is 40.5 Å². The van der Waals surface area contributed by atoms with Gasteiger partial charge in [0.15, 0.2) is 0 Å². The molecule has 0 aromatic rings. The third-order valence-electron chi connectivity index (χ3n) is 4.14. The highest BCUT2D eigenvalue weighted by molar-refractivity contribution is 5.51. The highest BCUT2D eigenvalue weighted by atomic mass is 14.4. The monoisotopic (exact) mass is 227 g/mol. The van der Waals surface area contributed by atoms with Crippen LogP contribution in [0, 0.1) is 17.8 Å². The first-order valence-electron chi connectivity index (χ1n) is 6.75. The van der Waals surface area contributed by atoms with Gasteiger partial charge in [-0.15, -0.1) is 0 Å². The van der Waals surface area contributed by atoms with E-state index in [9.17, 15) is 0 Å². The van der Waals surface area contributed by atoms with Crippen molar-refractivity contribution >= 4 is 0 Å². The number of allylic oxidation sites excluding steroid dienone is 8. The van der Waals surface area contributed by atoms with Crippen molar-refractivity contribution in [3.05, 3.63) is 53.5 Å². The van der Waals surface area contributed by atoms with Crippen molar-refractivity contribution in [1.29, 1.82) is 0 Å². The van der Waals surface area contributed by atoms with Gasteiger partial charge in [-0.2, -0.15) is 0 Å². The predicted molar refractivity (Wildman–Crippen MR) is 75.5 cm³/mol. The molecule has 0 amide bonds. The maximum absolute atomic E-state index is 2.36. The Hall–Kier alpha value is -1.17. The lowest BCUT2D eigenvalue weighted by atomic mass is 9.71. The van der Waals surface area contributed by atoms with Crippen molar-refractivity contribution in [2.24, 2.45) is 11.3 Å². The number of hydrogen-bond donors (Lipinski definition) is 0. The molecule has 0 spiro atoms. The van der Waals surface area contributed by atoms with Crippen LogP contribution in [0.25, 0.3) is 0 Å². The van der Waals surface area contributed by atoms with Gasteiger partial charge >= 0.3 is 0 Å². The van der Waals surface area contributed by atoms with Gasteiger partial charge in [0.2, 0.25) is 0 Å². The zero-order chi connectivity index (χ0) is 12.5. The highest BCUT2D eigenvalue weighted by Gasteiger charge is 2.40. The fourth-order valence-corrected chi connectivity index (χ4v) is 3.08. The highest BCUT2D eigenvalue weighted by Crippen LogP contribution is 2.47. The third-order valence-corrected chi connectivity index (χ3v) is 4.14. The van der Waals surface area contributed by atoms with Crippen LogP contribution in [0.3, 0.4) is 0 Å². The summed E-state index contributed by atoms with van der Waals surface area (Å²) < 4.78 is 0. The van der Waals surface area contributed by atoms with Crippen LogP contribution in [0.15, 0.2) is 47.1 Å². The molecule has 0 heterocycles. The molecule has 2 aliphatic rings. The smallest absolute Gasteiger partial charge is 0.0773 e. The molecule has 0 bridgehead atoms. The molecular formula is C17H23+. The molecule has 0 radical (unpaired) electrons. The lowest BCUT2D eigenvalue weighted by Gasteiger charge is -2.28. The molecule has 0 fully saturated rings. The van der Waals surface area contributed by atoms with Crippen LogP contribution in [0.2, 0.25) is 0 Å². The maximum Gasteiger partial charge on any atom is 0.106 e. The van der Waals surface area contributed by atoms with Gasteiger partial charge < -0.3 is 0 Å². The van der Waals surface area contributed by atoms with E-state index in [0.717, 1.165) is 6.42 Å². The van der Waals surface area contributed by atoms with Crippen molar-refractivity contribution < 1.29 is 0 Å². The number of rotatable bonds is 4. The van der Waals surface area contributed by atoms with E-state index >= 15 is 0 Å². The van der Waals surface area contributed by atoms with Crippen LogP contribution in [0.4, 0.5) is 0 Å². The molecule has 2 rings (SSSR count). The van der Waals surface area contributed by atoms with Crippen LogP contribution in [-0.4, -0.2) is 0 Å². The fourth-order valence-electron chi connectivity index (χ4n) is 3.08. The van der Waals surface area contributed by atoms with Gasteiger partial charge in [-0.05, 0) is 32.8 Å². The molecule has 0 heteroatoms. The molecule has 0 nitrogen and oxygen atoms in total. The van der Waals surface area contributed by atoms with E-state index < -0.39 is 0 Å². The van der Waals surface area contributed by atoms with Gasteiger partial charge in [0.1, 0.15) is 5.57 Å². The topological polar surface area (TPSA) is 0 Å². The molecule has 0 N–H and O–H groups in total. The first kappa shape index (κ1) is 12.3. The molecule has 0 saturated heterocycles. The fraction of sp³-hybridized carbons (Fsp3) is 0.471. The summed E-state index contributed by atoms with van der Waals surface area (Å²) in [4.78, 5) is 0. The van der Waals surface area contributed by atoms with Crippen LogP contribution in [-0.2, 0) is 0 Å². The Labute approximate surface area is 106 Å². The van der Waals surface area contributed by atoms with Gasteiger partial charge in [0.25, 0.3) is 0 Å². The van der Waals surface area contributed by atoms with Gasteiger partial charge in [0.05, 0.1) is 23.1 Å². The summed E-state index contributed by atoms with van der Waals surface area (Å²) in [5.41, 5.74) is 4.74. The van der Waals surface area contributed by atoms with E-state index in [4.69, 9.17) is 0 Å². The molecule has 1 unspecified atom stereocenters. The Bertz CT molecular complexity index is 413. The molecule has 0 aromatic heterocycles. The second-order valence-corrected chi connectivity index (χ2v) is 5.46. The molecule has 0 saturated carbocycles. The van der Waals surface area contributed by atoms with E-state index in [-0.39, 0.29) is 5.41 Å². The molecule has 90 valence electrons. The summed E-state index contributed by atoms with van der Waals surface area (Å²) in [5.74, 6) is 0.629. The summed E-state index contributed by atoms with van der Waals surface area (Å²) in [6.07, 6.45) is 16.0. The normalized spacial score (nSPS) is 23.3.